The number of fused-ring (bicyclic) bond motifs is 1. The SMILES string of the molecule is Cc1nc2cc(O)ccc2n1CC1CCCN1. The van der Waals surface area contributed by atoms with Crippen molar-refractivity contribution in [1.82, 2.24) is 14.9 Å². The molecule has 1 aromatic carbocycles. The molecule has 1 aliphatic rings. The van der Waals surface area contributed by atoms with Crippen LogP contribution in [-0.2, 0) is 6.54 Å². The molecule has 1 saturated heterocycles. The van der Waals surface area contributed by atoms with Crippen LogP contribution >= 0.6 is 0 Å². The zero-order chi connectivity index (χ0) is 11.8. The fourth-order valence-electron chi connectivity index (χ4n) is 2.60. The van der Waals surface area contributed by atoms with Gasteiger partial charge in [-0.3, -0.25) is 0 Å². The molecule has 0 radical (unpaired) electrons. The highest BCUT2D eigenvalue weighted by Gasteiger charge is 2.17. The zero-order valence-corrected chi connectivity index (χ0v) is 9.98. The van der Waals surface area contributed by atoms with E-state index in [1.54, 1.807) is 12.1 Å². The minimum absolute atomic E-state index is 0.279. The number of rotatable bonds is 2. The maximum Gasteiger partial charge on any atom is 0.117 e. The molecule has 4 heteroatoms. The van der Waals surface area contributed by atoms with Crippen LogP contribution in [0.5, 0.6) is 5.75 Å². The summed E-state index contributed by atoms with van der Waals surface area (Å²) in [5.41, 5.74) is 1.98. The van der Waals surface area contributed by atoms with Crippen LogP contribution < -0.4 is 5.32 Å². The van der Waals surface area contributed by atoms with Gasteiger partial charge in [-0.05, 0) is 38.4 Å². The van der Waals surface area contributed by atoms with Gasteiger partial charge in [0.05, 0.1) is 11.0 Å². The molecule has 0 amide bonds. The zero-order valence-electron chi connectivity index (χ0n) is 9.98. The van der Waals surface area contributed by atoms with Gasteiger partial charge in [-0.2, -0.15) is 0 Å². The quantitative estimate of drug-likeness (QED) is 0.828. The summed E-state index contributed by atoms with van der Waals surface area (Å²) in [4.78, 5) is 4.49. The maximum absolute atomic E-state index is 9.45. The molecule has 0 spiro atoms. The Bertz CT molecular complexity index is 541. The van der Waals surface area contributed by atoms with E-state index in [1.807, 2.05) is 13.0 Å². The maximum atomic E-state index is 9.45. The summed E-state index contributed by atoms with van der Waals surface area (Å²) >= 11 is 0. The van der Waals surface area contributed by atoms with Gasteiger partial charge in [0.2, 0.25) is 0 Å². The minimum Gasteiger partial charge on any atom is -0.508 e. The van der Waals surface area contributed by atoms with Crippen LogP contribution in [-0.4, -0.2) is 27.2 Å². The number of aromatic hydroxyl groups is 1. The molecule has 2 aromatic rings. The lowest BCUT2D eigenvalue weighted by atomic mass is 10.2. The monoisotopic (exact) mass is 231 g/mol. The minimum atomic E-state index is 0.279. The largest absolute Gasteiger partial charge is 0.508 e. The number of aryl methyl sites for hydroxylation is 1. The second-order valence-electron chi connectivity index (χ2n) is 4.74. The molecule has 1 aromatic heterocycles. The van der Waals surface area contributed by atoms with E-state index in [0.717, 1.165) is 29.9 Å². The Hall–Kier alpha value is -1.55. The standard InChI is InChI=1S/C13H17N3O/c1-9-15-12-7-11(17)4-5-13(12)16(9)8-10-3-2-6-14-10/h4-5,7,10,14,17H,2-3,6,8H2,1H3. The van der Waals surface area contributed by atoms with Crippen molar-refractivity contribution in [3.8, 4) is 5.75 Å². The Morgan fingerprint density at radius 2 is 2.41 bits per heavy atom. The van der Waals surface area contributed by atoms with E-state index < -0.39 is 0 Å². The van der Waals surface area contributed by atoms with Crippen molar-refractivity contribution in [3.05, 3.63) is 24.0 Å². The first-order chi connectivity index (χ1) is 8.24. The van der Waals surface area contributed by atoms with Crippen molar-refractivity contribution in [2.75, 3.05) is 6.54 Å². The summed E-state index contributed by atoms with van der Waals surface area (Å²) in [5, 5.41) is 13.0. The van der Waals surface area contributed by atoms with Crippen LogP contribution in [0, 0.1) is 6.92 Å². The second-order valence-corrected chi connectivity index (χ2v) is 4.74. The second kappa shape index (κ2) is 4.04. The van der Waals surface area contributed by atoms with Gasteiger partial charge in [0.25, 0.3) is 0 Å². The average molecular weight is 231 g/mol. The number of aromatic nitrogens is 2. The van der Waals surface area contributed by atoms with Crippen molar-refractivity contribution < 1.29 is 5.11 Å². The van der Waals surface area contributed by atoms with E-state index in [4.69, 9.17) is 0 Å². The predicted octanol–water partition coefficient (Wildman–Crippen LogP) is 1.80. The third-order valence-corrected chi connectivity index (χ3v) is 3.49. The Labute approximate surface area is 100 Å². The Morgan fingerprint density at radius 1 is 1.53 bits per heavy atom. The van der Waals surface area contributed by atoms with Crippen LogP contribution in [0.4, 0.5) is 0 Å². The molecule has 17 heavy (non-hydrogen) atoms. The molecule has 2 N–H and O–H groups in total. The number of benzene rings is 1. The molecule has 1 unspecified atom stereocenters. The fourth-order valence-corrected chi connectivity index (χ4v) is 2.60. The number of imidazole rings is 1. The summed E-state index contributed by atoms with van der Waals surface area (Å²) in [6.07, 6.45) is 2.49. The lowest BCUT2D eigenvalue weighted by Gasteiger charge is -2.13. The highest BCUT2D eigenvalue weighted by Crippen LogP contribution is 2.22. The number of hydrogen-bond acceptors (Lipinski definition) is 3. The molecule has 0 aliphatic carbocycles. The Balaban J connectivity index is 1.99. The van der Waals surface area contributed by atoms with E-state index in [-0.39, 0.29) is 5.75 Å². The molecule has 1 atom stereocenters. The highest BCUT2D eigenvalue weighted by atomic mass is 16.3. The van der Waals surface area contributed by atoms with Gasteiger partial charge in [-0.15, -0.1) is 0 Å². The lowest BCUT2D eigenvalue weighted by molar-refractivity contribution is 0.476. The van der Waals surface area contributed by atoms with Crippen LogP contribution in [0.3, 0.4) is 0 Å². The van der Waals surface area contributed by atoms with Gasteiger partial charge < -0.3 is 15.0 Å². The van der Waals surface area contributed by atoms with Crippen LogP contribution in [0.15, 0.2) is 18.2 Å². The Kier molecular flexibility index (Phi) is 2.52. The summed E-state index contributed by atoms with van der Waals surface area (Å²) in [5.74, 6) is 1.29. The van der Waals surface area contributed by atoms with Gasteiger partial charge in [0, 0.05) is 18.7 Å². The normalized spacial score (nSPS) is 20.2. The molecule has 1 aliphatic heterocycles. The van der Waals surface area contributed by atoms with Gasteiger partial charge in [0.1, 0.15) is 11.6 Å². The number of hydrogen-bond donors (Lipinski definition) is 2. The lowest BCUT2D eigenvalue weighted by Crippen LogP contribution is -2.27. The molecule has 0 bridgehead atoms. The molecular weight excluding hydrogens is 214 g/mol. The van der Waals surface area contributed by atoms with E-state index in [0.29, 0.717) is 6.04 Å². The molecule has 0 saturated carbocycles. The summed E-state index contributed by atoms with van der Waals surface area (Å²) in [6, 6.07) is 5.95. The van der Waals surface area contributed by atoms with Crippen molar-refractivity contribution in [2.24, 2.45) is 0 Å². The first kappa shape index (κ1) is 10.6. The average Bonchev–Trinajstić information content (AvgIpc) is 2.88. The number of nitrogens with zero attached hydrogens (tertiary/aromatic N) is 2. The molecule has 1 fully saturated rings. The fraction of sp³-hybridized carbons (Fsp3) is 0.462. The highest BCUT2D eigenvalue weighted by molar-refractivity contribution is 5.77. The summed E-state index contributed by atoms with van der Waals surface area (Å²) in [6.45, 7) is 4.11. The van der Waals surface area contributed by atoms with Gasteiger partial charge >= 0.3 is 0 Å². The van der Waals surface area contributed by atoms with Crippen molar-refractivity contribution in [3.63, 3.8) is 0 Å². The first-order valence-electron chi connectivity index (χ1n) is 6.13. The summed E-state index contributed by atoms with van der Waals surface area (Å²) < 4.78 is 2.23. The third kappa shape index (κ3) is 1.89. The van der Waals surface area contributed by atoms with Crippen LogP contribution in [0.25, 0.3) is 11.0 Å². The van der Waals surface area contributed by atoms with E-state index in [1.165, 1.54) is 12.8 Å². The molecule has 3 rings (SSSR count). The van der Waals surface area contributed by atoms with E-state index in [2.05, 4.69) is 14.9 Å². The number of phenolic OH excluding ortho intramolecular Hbond substituents is 1. The molecular formula is C13H17N3O. The molecule has 90 valence electrons. The van der Waals surface area contributed by atoms with Crippen molar-refractivity contribution in [2.45, 2.75) is 32.4 Å². The number of phenols is 1. The van der Waals surface area contributed by atoms with Crippen molar-refractivity contribution in [1.29, 1.82) is 0 Å². The smallest absolute Gasteiger partial charge is 0.117 e. The predicted molar refractivity (Wildman–Crippen MR) is 67.2 cm³/mol. The topological polar surface area (TPSA) is 50.1 Å². The van der Waals surface area contributed by atoms with Crippen LogP contribution in [0.1, 0.15) is 18.7 Å². The van der Waals surface area contributed by atoms with Gasteiger partial charge in [-0.1, -0.05) is 0 Å². The van der Waals surface area contributed by atoms with E-state index >= 15 is 0 Å². The van der Waals surface area contributed by atoms with E-state index in [9.17, 15) is 5.11 Å². The van der Waals surface area contributed by atoms with Gasteiger partial charge in [0.15, 0.2) is 0 Å². The molecule has 4 nitrogen and oxygen atoms in total. The Morgan fingerprint density at radius 3 is 3.18 bits per heavy atom. The number of nitrogens with one attached hydrogen (secondary N) is 1. The first-order valence-corrected chi connectivity index (χ1v) is 6.13. The van der Waals surface area contributed by atoms with Gasteiger partial charge in [-0.25, -0.2) is 4.98 Å². The molecule has 2 heterocycles. The van der Waals surface area contributed by atoms with Crippen LogP contribution in [0.2, 0.25) is 0 Å². The van der Waals surface area contributed by atoms with Crippen molar-refractivity contribution >= 4 is 11.0 Å². The third-order valence-electron chi connectivity index (χ3n) is 3.49. The summed E-state index contributed by atoms with van der Waals surface area (Å²) in [7, 11) is 0.